The molecule has 0 saturated heterocycles. The van der Waals surface area contributed by atoms with Crippen LogP contribution in [-0.2, 0) is 0 Å². The van der Waals surface area contributed by atoms with E-state index in [1.165, 1.54) is 0 Å². The van der Waals surface area contributed by atoms with E-state index in [1.54, 1.807) is 16.8 Å². The van der Waals surface area contributed by atoms with Gasteiger partial charge in [0.1, 0.15) is 0 Å². The third-order valence-corrected chi connectivity index (χ3v) is 3.00. The van der Waals surface area contributed by atoms with Crippen molar-refractivity contribution in [2.45, 2.75) is 0 Å². The van der Waals surface area contributed by atoms with Crippen molar-refractivity contribution in [3.8, 4) is 0 Å². The molecule has 0 atom stereocenters. The molecular formula is C6H2Cl2IN3. The van der Waals surface area contributed by atoms with Crippen molar-refractivity contribution in [3.05, 3.63) is 26.1 Å². The first-order valence-electron chi connectivity index (χ1n) is 3.04. The van der Waals surface area contributed by atoms with Gasteiger partial charge in [0.25, 0.3) is 0 Å². The van der Waals surface area contributed by atoms with Crippen LogP contribution in [0.25, 0.3) is 5.65 Å². The Morgan fingerprint density at radius 2 is 2.17 bits per heavy atom. The van der Waals surface area contributed by atoms with Gasteiger partial charge >= 0.3 is 0 Å². The highest BCUT2D eigenvalue weighted by molar-refractivity contribution is 14.1. The molecule has 62 valence electrons. The van der Waals surface area contributed by atoms with Crippen molar-refractivity contribution < 1.29 is 0 Å². The first-order chi connectivity index (χ1) is 5.66. The zero-order chi connectivity index (χ0) is 8.72. The molecule has 0 radical (unpaired) electrons. The Bertz CT molecular complexity index is 401. The van der Waals surface area contributed by atoms with Crippen molar-refractivity contribution in [2.75, 3.05) is 0 Å². The van der Waals surface area contributed by atoms with Gasteiger partial charge in [0.2, 0.25) is 5.28 Å². The molecule has 0 aliphatic carbocycles. The molecule has 12 heavy (non-hydrogen) atoms. The largest absolute Gasteiger partial charge is 0.243 e. The number of rotatable bonds is 0. The summed E-state index contributed by atoms with van der Waals surface area (Å²) in [5.41, 5.74) is 0.658. The van der Waals surface area contributed by atoms with Crippen molar-refractivity contribution in [3.63, 3.8) is 0 Å². The number of nitrogens with zero attached hydrogens (tertiary/aromatic N) is 3. The lowest BCUT2D eigenvalue weighted by Gasteiger charge is -1.94. The summed E-state index contributed by atoms with van der Waals surface area (Å²) in [6.07, 6.45) is 1.77. The molecule has 3 nitrogen and oxygen atoms in total. The van der Waals surface area contributed by atoms with Gasteiger partial charge in [-0.2, -0.15) is 4.98 Å². The summed E-state index contributed by atoms with van der Waals surface area (Å²) in [5, 5.41) is 4.81. The molecule has 0 aliphatic heterocycles. The minimum Gasteiger partial charge on any atom is -0.218 e. The predicted octanol–water partition coefficient (Wildman–Crippen LogP) is 2.64. The fraction of sp³-hybridized carbons (Fsp3) is 0. The van der Waals surface area contributed by atoms with Gasteiger partial charge in [-0.25, -0.2) is 4.52 Å². The van der Waals surface area contributed by atoms with E-state index in [-0.39, 0.29) is 5.28 Å². The molecule has 0 amide bonds. The topological polar surface area (TPSA) is 30.2 Å². The van der Waals surface area contributed by atoms with Crippen molar-refractivity contribution in [1.29, 1.82) is 0 Å². The van der Waals surface area contributed by atoms with Gasteiger partial charge in [0, 0.05) is 12.3 Å². The van der Waals surface area contributed by atoms with E-state index in [9.17, 15) is 0 Å². The first-order valence-corrected chi connectivity index (χ1v) is 4.87. The molecule has 6 heteroatoms. The van der Waals surface area contributed by atoms with Gasteiger partial charge in [0.05, 0.1) is 8.59 Å². The van der Waals surface area contributed by atoms with Crippen molar-refractivity contribution in [1.82, 2.24) is 14.6 Å². The van der Waals surface area contributed by atoms with E-state index >= 15 is 0 Å². The third-order valence-electron chi connectivity index (χ3n) is 1.35. The molecule has 0 saturated carbocycles. The highest BCUT2D eigenvalue weighted by Gasteiger charge is 2.03. The number of fused-ring (bicyclic) bond motifs is 1. The summed E-state index contributed by atoms with van der Waals surface area (Å²) in [4.78, 5) is 3.94. The molecule has 0 unspecified atom stereocenters. The summed E-state index contributed by atoms with van der Waals surface area (Å²) in [5.74, 6) is 0. The summed E-state index contributed by atoms with van der Waals surface area (Å²) in [7, 11) is 0. The molecule has 0 bridgehead atoms. The zero-order valence-electron chi connectivity index (χ0n) is 5.63. The van der Waals surface area contributed by atoms with Gasteiger partial charge in [-0.3, -0.25) is 0 Å². The van der Waals surface area contributed by atoms with E-state index in [4.69, 9.17) is 23.2 Å². The van der Waals surface area contributed by atoms with Gasteiger partial charge in [-0.15, -0.1) is 5.10 Å². The van der Waals surface area contributed by atoms with Gasteiger partial charge in [-0.1, -0.05) is 11.6 Å². The number of aromatic nitrogens is 3. The normalized spacial score (nSPS) is 10.9. The van der Waals surface area contributed by atoms with Crippen LogP contribution in [0, 0.1) is 3.57 Å². The quantitative estimate of drug-likeness (QED) is 0.700. The van der Waals surface area contributed by atoms with E-state index in [0.717, 1.165) is 3.57 Å². The van der Waals surface area contributed by atoms with Gasteiger partial charge in [-0.05, 0) is 34.2 Å². The van der Waals surface area contributed by atoms with E-state index in [2.05, 4.69) is 32.7 Å². The van der Waals surface area contributed by atoms with Crippen molar-refractivity contribution >= 4 is 51.4 Å². The lowest BCUT2D eigenvalue weighted by molar-refractivity contribution is 0.956. The van der Waals surface area contributed by atoms with Crippen molar-refractivity contribution in [2.24, 2.45) is 0 Å². The average molecular weight is 314 g/mol. The number of pyridine rings is 1. The van der Waals surface area contributed by atoms with Crippen LogP contribution in [0.5, 0.6) is 0 Å². The third kappa shape index (κ3) is 1.38. The highest BCUT2D eigenvalue weighted by Crippen LogP contribution is 2.19. The van der Waals surface area contributed by atoms with E-state index < -0.39 is 0 Å². The standard InChI is InChI=1S/C6H2Cl2IN3/c7-3-1-5-10-6(8)11-12(5)2-4(3)9/h1-2H. The molecule has 0 aliphatic rings. The van der Waals surface area contributed by atoms with Gasteiger partial charge < -0.3 is 0 Å². The maximum absolute atomic E-state index is 5.87. The molecule has 0 fully saturated rings. The lowest BCUT2D eigenvalue weighted by Crippen LogP contribution is -1.88. The second kappa shape index (κ2) is 3.01. The SMILES string of the molecule is Clc1nc2cc(Cl)c(I)cn2n1. The summed E-state index contributed by atoms with van der Waals surface area (Å²) < 4.78 is 2.51. The van der Waals surface area contributed by atoms with Crippen LogP contribution < -0.4 is 0 Å². The molecule has 2 aromatic heterocycles. The Balaban J connectivity index is 2.83. The molecule has 2 rings (SSSR count). The van der Waals surface area contributed by atoms with Crippen LogP contribution >= 0.6 is 45.8 Å². The molecule has 2 heterocycles. The second-order valence-electron chi connectivity index (χ2n) is 2.15. The smallest absolute Gasteiger partial charge is 0.218 e. The molecule has 0 aromatic carbocycles. The zero-order valence-corrected chi connectivity index (χ0v) is 9.30. The monoisotopic (exact) mass is 313 g/mol. The maximum Gasteiger partial charge on any atom is 0.243 e. The molecule has 0 N–H and O–H groups in total. The van der Waals surface area contributed by atoms with Crippen LogP contribution in [0.3, 0.4) is 0 Å². The average Bonchev–Trinajstić information content (AvgIpc) is 2.30. The fourth-order valence-electron chi connectivity index (χ4n) is 0.853. The minimum atomic E-state index is 0.230. The number of hydrogen-bond donors (Lipinski definition) is 0. The molecule has 2 aromatic rings. The summed E-state index contributed by atoms with van der Waals surface area (Å²) >= 11 is 13.6. The van der Waals surface area contributed by atoms with E-state index in [0.29, 0.717) is 10.7 Å². The van der Waals surface area contributed by atoms with Crippen LogP contribution in [0.15, 0.2) is 12.3 Å². The van der Waals surface area contributed by atoms with Crippen LogP contribution in [0.4, 0.5) is 0 Å². The fourth-order valence-corrected chi connectivity index (χ4v) is 1.59. The number of hydrogen-bond acceptors (Lipinski definition) is 2. The second-order valence-corrected chi connectivity index (χ2v) is 4.06. The Hall–Kier alpha value is -0.0700. The molecule has 0 spiro atoms. The van der Waals surface area contributed by atoms with Crippen LogP contribution in [0.2, 0.25) is 10.3 Å². The Labute approximate surface area is 91.8 Å². The van der Waals surface area contributed by atoms with Gasteiger partial charge in [0.15, 0.2) is 5.65 Å². The van der Waals surface area contributed by atoms with Crippen LogP contribution in [0.1, 0.15) is 0 Å². The number of halogens is 3. The summed E-state index contributed by atoms with van der Waals surface area (Å²) in [6, 6.07) is 1.72. The van der Waals surface area contributed by atoms with E-state index in [1.807, 2.05) is 0 Å². The lowest BCUT2D eigenvalue weighted by atomic mass is 10.5. The summed E-state index contributed by atoms with van der Waals surface area (Å²) in [6.45, 7) is 0. The maximum atomic E-state index is 5.87. The highest BCUT2D eigenvalue weighted by atomic mass is 127. The predicted molar refractivity (Wildman–Crippen MR) is 55.7 cm³/mol. The Morgan fingerprint density at radius 1 is 1.42 bits per heavy atom. The Kier molecular flexibility index (Phi) is 2.14. The first kappa shape index (κ1) is 8.52. The minimum absolute atomic E-state index is 0.230. The Morgan fingerprint density at radius 3 is 2.92 bits per heavy atom. The molecular weight excluding hydrogens is 312 g/mol. The van der Waals surface area contributed by atoms with Crippen LogP contribution in [-0.4, -0.2) is 14.6 Å².